The van der Waals surface area contributed by atoms with Gasteiger partial charge in [0.2, 0.25) is 0 Å². The fourth-order valence-electron chi connectivity index (χ4n) is 3.91. The number of aliphatic hydroxyl groups excluding tert-OH is 1. The zero-order chi connectivity index (χ0) is 20.8. The molecule has 0 saturated carbocycles. The number of β-amino-alcohol motifs (C(OH)–C–C–N with tert-alkyl or cyclic N) is 1. The first kappa shape index (κ1) is 22.1. The van der Waals surface area contributed by atoms with Crippen molar-refractivity contribution in [2.75, 3.05) is 39.3 Å². The molecule has 5 heteroatoms. The van der Waals surface area contributed by atoms with Crippen molar-refractivity contribution in [1.82, 2.24) is 9.80 Å². The van der Waals surface area contributed by atoms with E-state index in [4.69, 9.17) is 16.3 Å². The largest absolute Gasteiger partial charge is 0.491 e. The highest BCUT2D eigenvalue weighted by atomic mass is 35.5. The molecule has 2 aromatic carbocycles. The van der Waals surface area contributed by atoms with Gasteiger partial charge in [0.1, 0.15) is 18.5 Å². The van der Waals surface area contributed by atoms with Crippen molar-refractivity contribution in [2.45, 2.75) is 39.3 Å². The number of ether oxygens (including phenoxy) is 1. The molecular formula is C24H33ClN2O2. The second kappa shape index (κ2) is 10.4. The average molecular weight is 417 g/mol. The summed E-state index contributed by atoms with van der Waals surface area (Å²) in [6.45, 7) is 12.4. The van der Waals surface area contributed by atoms with Crippen LogP contribution >= 0.6 is 11.6 Å². The van der Waals surface area contributed by atoms with Crippen LogP contribution in [0.1, 0.15) is 36.5 Å². The van der Waals surface area contributed by atoms with Crippen LogP contribution in [0, 0.1) is 6.92 Å². The lowest BCUT2D eigenvalue weighted by Gasteiger charge is -2.35. The molecule has 0 aromatic heterocycles. The topological polar surface area (TPSA) is 35.9 Å². The standard InChI is InChI=1S/C24H33ClN2O2/c1-18(2)24-9-8-23(14-19(24)3)29-17-22(28)16-27-12-10-26(11-13-27)15-20-4-6-21(25)7-5-20/h4-9,14,18,22,28H,10-13,15-17H2,1-3H3. The van der Waals surface area contributed by atoms with Crippen LogP contribution in [-0.4, -0.2) is 60.3 Å². The Morgan fingerprint density at radius 2 is 1.66 bits per heavy atom. The monoisotopic (exact) mass is 416 g/mol. The van der Waals surface area contributed by atoms with Crippen LogP contribution < -0.4 is 4.74 Å². The smallest absolute Gasteiger partial charge is 0.119 e. The van der Waals surface area contributed by atoms with Gasteiger partial charge in [-0.3, -0.25) is 9.80 Å². The van der Waals surface area contributed by atoms with Crippen molar-refractivity contribution >= 4 is 11.6 Å². The van der Waals surface area contributed by atoms with Crippen molar-refractivity contribution in [1.29, 1.82) is 0 Å². The number of aryl methyl sites for hydroxylation is 1. The Morgan fingerprint density at radius 1 is 1.00 bits per heavy atom. The first-order chi connectivity index (χ1) is 13.9. The molecule has 0 radical (unpaired) electrons. The molecule has 1 N–H and O–H groups in total. The van der Waals surface area contributed by atoms with E-state index >= 15 is 0 Å². The number of rotatable bonds is 8. The summed E-state index contributed by atoms with van der Waals surface area (Å²) in [6, 6.07) is 14.3. The molecule has 0 aliphatic carbocycles. The molecule has 1 saturated heterocycles. The van der Waals surface area contributed by atoms with E-state index in [2.05, 4.69) is 54.8 Å². The Hall–Kier alpha value is -1.59. The summed E-state index contributed by atoms with van der Waals surface area (Å²) < 4.78 is 5.84. The Labute approximate surface area is 180 Å². The van der Waals surface area contributed by atoms with Gasteiger partial charge >= 0.3 is 0 Å². The number of piperazine rings is 1. The maximum Gasteiger partial charge on any atom is 0.119 e. The lowest BCUT2D eigenvalue weighted by atomic mass is 9.98. The predicted octanol–water partition coefficient (Wildman–Crippen LogP) is 4.33. The highest BCUT2D eigenvalue weighted by Crippen LogP contribution is 2.23. The molecule has 0 amide bonds. The van der Waals surface area contributed by atoms with E-state index in [0.717, 1.165) is 43.5 Å². The number of hydrogen-bond acceptors (Lipinski definition) is 4. The number of nitrogens with zero attached hydrogens (tertiary/aromatic N) is 2. The average Bonchev–Trinajstić information content (AvgIpc) is 2.69. The lowest BCUT2D eigenvalue weighted by Crippen LogP contribution is -2.48. The van der Waals surface area contributed by atoms with E-state index in [0.29, 0.717) is 19.1 Å². The Bertz CT molecular complexity index is 771. The van der Waals surface area contributed by atoms with E-state index < -0.39 is 6.10 Å². The Morgan fingerprint density at radius 3 is 2.28 bits per heavy atom. The minimum Gasteiger partial charge on any atom is -0.491 e. The molecular weight excluding hydrogens is 384 g/mol. The molecule has 1 unspecified atom stereocenters. The Balaban J connectivity index is 1.39. The fourth-order valence-corrected chi connectivity index (χ4v) is 4.03. The first-order valence-corrected chi connectivity index (χ1v) is 10.9. The summed E-state index contributed by atoms with van der Waals surface area (Å²) in [6.07, 6.45) is -0.483. The summed E-state index contributed by atoms with van der Waals surface area (Å²) in [4.78, 5) is 4.77. The molecule has 0 bridgehead atoms. The maximum atomic E-state index is 10.4. The zero-order valence-electron chi connectivity index (χ0n) is 17.8. The number of halogens is 1. The maximum absolute atomic E-state index is 10.4. The number of hydrogen-bond donors (Lipinski definition) is 1. The number of benzene rings is 2. The summed E-state index contributed by atoms with van der Waals surface area (Å²) in [5.74, 6) is 1.34. The van der Waals surface area contributed by atoms with E-state index in [1.807, 2.05) is 18.2 Å². The molecule has 4 nitrogen and oxygen atoms in total. The number of aliphatic hydroxyl groups is 1. The summed E-state index contributed by atoms with van der Waals surface area (Å²) in [5.41, 5.74) is 3.87. The van der Waals surface area contributed by atoms with Crippen LogP contribution in [0.15, 0.2) is 42.5 Å². The molecule has 1 aliphatic heterocycles. The predicted molar refractivity (Wildman–Crippen MR) is 120 cm³/mol. The third-order valence-corrected chi connectivity index (χ3v) is 5.81. The molecule has 0 spiro atoms. The van der Waals surface area contributed by atoms with Gasteiger partial charge in [-0.15, -0.1) is 0 Å². The van der Waals surface area contributed by atoms with E-state index in [-0.39, 0.29) is 0 Å². The normalized spacial score (nSPS) is 16.9. The Kier molecular flexibility index (Phi) is 7.96. The van der Waals surface area contributed by atoms with Gasteiger partial charge in [-0.25, -0.2) is 0 Å². The third-order valence-electron chi connectivity index (χ3n) is 5.56. The van der Waals surface area contributed by atoms with Crippen LogP contribution in [-0.2, 0) is 6.54 Å². The molecule has 1 aliphatic rings. The van der Waals surface area contributed by atoms with Crippen molar-refractivity contribution in [3.63, 3.8) is 0 Å². The minimum atomic E-state index is -0.483. The molecule has 1 fully saturated rings. The second-order valence-electron chi connectivity index (χ2n) is 8.34. The summed E-state index contributed by atoms with van der Waals surface area (Å²) in [7, 11) is 0. The van der Waals surface area contributed by atoms with Gasteiger partial charge in [0.25, 0.3) is 0 Å². The van der Waals surface area contributed by atoms with Gasteiger partial charge in [0.05, 0.1) is 0 Å². The molecule has 1 heterocycles. The molecule has 158 valence electrons. The third kappa shape index (κ3) is 6.71. The van der Waals surface area contributed by atoms with Crippen LogP contribution in [0.25, 0.3) is 0 Å². The zero-order valence-corrected chi connectivity index (χ0v) is 18.5. The van der Waals surface area contributed by atoms with Crippen LogP contribution in [0.2, 0.25) is 5.02 Å². The quantitative estimate of drug-likeness (QED) is 0.694. The van der Waals surface area contributed by atoms with E-state index in [1.54, 1.807) is 0 Å². The van der Waals surface area contributed by atoms with Gasteiger partial charge in [0.15, 0.2) is 0 Å². The highest BCUT2D eigenvalue weighted by molar-refractivity contribution is 6.30. The van der Waals surface area contributed by atoms with Gasteiger partial charge in [-0.1, -0.05) is 43.6 Å². The minimum absolute atomic E-state index is 0.325. The first-order valence-electron chi connectivity index (χ1n) is 10.5. The van der Waals surface area contributed by atoms with Crippen molar-refractivity contribution in [2.24, 2.45) is 0 Å². The summed E-state index contributed by atoms with van der Waals surface area (Å²) in [5, 5.41) is 11.2. The van der Waals surface area contributed by atoms with Crippen LogP contribution in [0.4, 0.5) is 0 Å². The molecule has 29 heavy (non-hydrogen) atoms. The van der Waals surface area contributed by atoms with Crippen molar-refractivity contribution < 1.29 is 9.84 Å². The van der Waals surface area contributed by atoms with Crippen LogP contribution in [0.3, 0.4) is 0 Å². The van der Waals surface area contributed by atoms with E-state index in [9.17, 15) is 5.11 Å². The van der Waals surface area contributed by atoms with Gasteiger partial charge in [-0.2, -0.15) is 0 Å². The van der Waals surface area contributed by atoms with Crippen molar-refractivity contribution in [3.05, 3.63) is 64.2 Å². The van der Waals surface area contributed by atoms with E-state index in [1.165, 1.54) is 16.7 Å². The van der Waals surface area contributed by atoms with Crippen LogP contribution in [0.5, 0.6) is 5.75 Å². The van der Waals surface area contributed by atoms with Crippen molar-refractivity contribution in [3.8, 4) is 5.75 Å². The molecule has 1 atom stereocenters. The van der Waals surface area contributed by atoms with Gasteiger partial charge < -0.3 is 9.84 Å². The SMILES string of the molecule is Cc1cc(OCC(O)CN2CCN(Cc3ccc(Cl)cc3)CC2)ccc1C(C)C. The highest BCUT2D eigenvalue weighted by Gasteiger charge is 2.19. The lowest BCUT2D eigenvalue weighted by molar-refractivity contribution is 0.0446. The molecule has 2 aromatic rings. The second-order valence-corrected chi connectivity index (χ2v) is 8.78. The molecule has 3 rings (SSSR count). The van der Waals surface area contributed by atoms with Gasteiger partial charge in [0, 0.05) is 44.3 Å². The van der Waals surface area contributed by atoms with Gasteiger partial charge in [-0.05, 0) is 53.8 Å². The fraction of sp³-hybridized carbons (Fsp3) is 0.500. The summed E-state index contributed by atoms with van der Waals surface area (Å²) >= 11 is 5.96.